The van der Waals surface area contributed by atoms with Gasteiger partial charge in [0.05, 0.1) is 27.2 Å². The van der Waals surface area contributed by atoms with Crippen LogP contribution in [0.5, 0.6) is 17.2 Å². The molecule has 1 aliphatic heterocycles. The Bertz CT molecular complexity index is 870. The van der Waals surface area contributed by atoms with E-state index in [1.807, 2.05) is 24.3 Å². The second-order valence-corrected chi connectivity index (χ2v) is 6.83. The number of nitrogens with zero attached hydrogens (tertiary/aromatic N) is 1. The van der Waals surface area contributed by atoms with Crippen LogP contribution in [0.3, 0.4) is 0 Å². The summed E-state index contributed by atoms with van der Waals surface area (Å²) in [5, 5.41) is 2.86. The number of ether oxygens (including phenoxy) is 3. The number of amides is 2. The lowest BCUT2D eigenvalue weighted by molar-refractivity contribution is -0.122. The molecule has 1 fully saturated rings. The van der Waals surface area contributed by atoms with Crippen molar-refractivity contribution in [2.75, 3.05) is 38.1 Å². The van der Waals surface area contributed by atoms with Crippen LogP contribution in [0.25, 0.3) is 0 Å². The van der Waals surface area contributed by atoms with Gasteiger partial charge in [-0.25, -0.2) is 0 Å². The highest BCUT2D eigenvalue weighted by Crippen LogP contribution is 2.40. The summed E-state index contributed by atoms with van der Waals surface area (Å²) >= 11 is 0. The molecule has 3 rings (SSSR count). The maximum absolute atomic E-state index is 12.8. The van der Waals surface area contributed by atoms with Crippen molar-refractivity contribution < 1.29 is 23.8 Å². The summed E-state index contributed by atoms with van der Waals surface area (Å²) in [7, 11) is 4.55. The Morgan fingerprint density at radius 3 is 2.21 bits per heavy atom. The number of methoxy groups -OCH3 is 3. The number of hydrogen-bond acceptors (Lipinski definition) is 5. The van der Waals surface area contributed by atoms with Crippen molar-refractivity contribution in [1.82, 2.24) is 0 Å². The Kier molecular flexibility index (Phi) is 6.26. The van der Waals surface area contributed by atoms with Crippen LogP contribution in [0.4, 0.5) is 11.4 Å². The first-order valence-electron chi connectivity index (χ1n) is 9.50. The monoisotopic (exact) mass is 398 g/mol. The lowest BCUT2D eigenvalue weighted by Crippen LogP contribution is -2.28. The second-order valence-electron chi connectivity index (χ2n) is 6.83. The molecule has 2 aromatic carbocycles. The number of nitrogens with one attached hydrogen (secondary N) is 1. The second kappa shape index (κ2) is 8.86. The van der Waals surface area contributed by atoms with Gasteiger partial charge in [-0.2, -0.15) is 0 Å². The summed E-state index contributed by atoms with van der Waals surface area (Å²) in [6.07, 6.45) is 1.11. The molecule has 0 bridgehead atoms. The van der Waals surface area contributed by atoms with Gasteiger partial charge in [-0.15, -0.1) is 0 Å². The van der Waals surface area contributed by atoms with Gasteiger partial charge in [0.25, 0.3) is 0 Å². The molecule has 0 radical (unpaired) electrons. The van der Waals surface area contributed by atoms with Crippen LogP contribution in [0.1, 0.15) is 18.9 Å². The predicted molar refractivity (Wildman–Crippen MR) is 111 cm³/mol. The molecule has 1 heterocycles. The zero-order valence-corrected chi connectivity index (χ0v) is 17.2. The zero-order valence-electron chi connectivity index (χ0n) is 17.2. The third-order valence-corrected chi connectivity index (χ3v) is 5.08. The fourth-order valence-electron chi connectivity index (χ4n) is 3.44. The number of anilines is 2. The van der Waals surface area contributed by atoms with Crippen LogP contribution < -0.4 is 24.4 Å². The molecule has 7 nitrogen and oxygen atoms in total. The van der Waals surface area contributed by atoms with Crippen molar-refractivity contribution in [3.8, 4) is 17.2 Å². The van der Waals surface area contributed by atoms with Crippen LogP contribution in [0.2, 0.25) is 0 Å². The molecule has 0 unspecified atom stereocenters. The normalized spacial score (nSPS) is 15.9. The van der Waals surface area contributed by atoms with Gasteiger partial charge in [-0.1, -0.05) is 19.1 Å². The van der Waals surface area contributed by atoms with Crippen LogP contribution in [-0.4, -0.2) is 39.7 Å². The van der Waals surface area contributed by atoms with Gasteiger partial charge in [-0.3, -0.25) is 9.59 Å². The van der Waals surface area contributed by atoms with Crippen LogP contribution in [-0.2, 0) is 16.0 Å². The van der Waals surface area contributed by atoms with Crippen LogP contribution >= 0.6 is 0 Å². The van der Waals surface area contributed by atoms with Gasteiger partial charge in [0.1, 0.15) is 0 Å². The highest BCUT2D eigenvalue weighted by atomic mass is 16.5. The van der Waals surface area contributed by atoms with E-state index < -0.39 is 5.92 Å². The molecule has 2 amide bonds. The fourth-order valence-corrected chi connectivity index (χ4v) is 3.44. The fraction of sp³-hybridized carbons (Fsp3) is 0.364. The van der Waals surface area contributed by atoms with Gasteiger partial charge < -0.3 is 24.4 Å². The minimum atomic E-state index is -0.438. The topological polar surface area (TPSA) is 77.1 Å². The molecule has 1 saturated heterocycles. The molecule has 7 heteroatoms. The molecule has 1 aliphatic rings. The number of carbonyl (C=O) groups is 2. The van der Waals surface area contributed by atoms with Crippen molar-refractivity contribution in [2.45, 2.75) is 19.8 Å². The van der Waals surface area contributed by atoms with E-state index in [0.717, 1.165) is 12.1 Å². The van der Waals surface area contributed by atoms with E-state index in [1.54, 1.807) is 17.0 Å². The van der Waals surface area contributed by atoms with Gasteiger partial charge in [0.15, 0.2) is 11.5 Å². The van der Waals surface area contributed by atoms with Crippen molar-refractivity contribution in [3.63, 3.8) is 0 Å². The summed E-state index contributed by atoms with van der Waals surface area (Å²) in [6, 6.07) is 11.2. The number of rotatable bonds is 7. The molecule has 2 aromatic rings. The molecule has 0 spiro atoms. The highest BCUT2D eigenvalue weighted by molar-refractivity contribution is 6.03. The van der Waals surface area contributed by atoms with Crippen LogP contribution in [0.15, 0.2) is 36.4 Å². The number of carbonyl (C=O) groups excluding carboxylic acids is 2. The Morgan fingerprint density at radius 2 is 1.69 bits per heavy atom. The number of hydrogen-bond donors (Lipinski definition) is 1. The van der Waals surface area contributed by atoms with Gasteiger partial charge >= 0.3 is 0 Å². The van der Waals surface area contributed by atoms with E-state index in [-0.39, 0.29) is 18.2 Å². The Labute approximate surface area is 170 Å². The van der Waals surface area contributed by atoms with Gasteiger partial charge in [0.2, 0.25) is 17.6 Å². The quantitative estimate of drug-likeness (QED) is 0.775. The molecule has 29 heavy (non-hydrogen) atoms. The molecule has 0 saturated carbocycles. The Morgan fingerprint density at radius 1 is 1.07 bits per heavy atom. The number of benzene rings is 2. The number of aryl methyl sites for hydroxylation is 1. The summed E-state index contributed by atoms with van der Waals surface area (Å²) < 4.78 is 15.9. The summed E-state index contributed by atoms with van der Waals surface area (Å²) in [4.78, 5) is 26.9. The van der Waals surface area contributed by atoms with E-state index in [9.17, 15) is 9.59 Å². The average Bonchev–Trinajstić information content (AvgIpc) is 3.14. The third-order valence-electron chi connectivity index (χ3n) is 5.08. The first kappa shape index (κ1) is 20.5. The van der Waals surface area contributed by atoms with E-state index in [1.165, 1.54) is 26.9 Å². The maximum atomic E-state index is 12.8. The van der Waals surface area contributed by atoms with Crippen molar-refractivity contribution in [1.29, 1.82) is 0 Å². The van der Waals surface area contributed by atoms with E-state index in [4.69, 9.17) is 14.2 Å². The molecule has 1 N–H and O–H groups in total. The molecule has 0 aliphatic carbocycles. The lowest BCUT2D eigenvalue weighted by atomic mass is 10.1. The highest BCUT2D eigenvalue weighted by Gasteiger charge is 2.35. The smallest absolute Gasteiger partial charge is 0.229 e. The largest absolute Gasteiger partial charge is 0.493 e. The molecular formula is C22H26N2O5. The first-order valence-corrected chi connectivity index (χ1v) is 9.50. The maximum Gasteiger partial charge on any atom is 0.229 e. The van der Waals surface area contributed by atoms with Crippen molar-refractivity contribution in [2.24, 2.45) is 5.92 Å². The SMILES string of the molecule is CCc1ccc(N2C[C@@H](C(=O)Nc3cc(OC)c(OC)c(OC)c3)CC2=O)cc1. The van der Waals surface area contributed by atoms with Gasteiger partial charge in [0, 0.05) is 36.5 Å². The third kappa shape index (κ3) is 4.29. The first-order chi connectivity index (χ1) is 14.0. The standard InChI is InChI=1S/C22H26N2O5/c1-5-14-6-8-17(9-7-14)24-13-15(10-20(24)25)22(26)23-16-11-18(27-2)21(29-4)19(12-16)28-3/h6-9,11-12,15H,5,10,13H2,1-4H3,(H,23,26)/t15-/m0/s1. The molecule has 0 aromatic heterocycles. The van der Waals surface area contributed by atoms with Crippen molar-refractivity contribution in [3.05, 3.63) is 42.0 Å². The molecular weight excluding hydrogens is 372 g/mol. The van der Waals surface area contributed by atoms with Gasteiger partial charge in [-0.05, 0) is 24.1 Å². The predicted octanol–water partition coefficient (Wildman–Crippen LogP) is 3.27. The average molecular weight is 398 g/mol. The van der Waals surface area contributed by atoms with Crippen LogP contribution in [0, 0.1) is 5.92 Å². The minimum Gasteiger partial charge on any atom is -0.493 e. The van der Waals surface area contributed by atoms with E-state index in [2.05, 4.69) is 12.2 Å². The van der Waals surface area contributed by atoms with E-state index in [0.29, 0.717) is 29.5 Å². The van der Waals surface area contributed by atoms with E-state index >= 15 is 0 Å². The Hall–Kier alpha value is -3.22. The molecule has 154 valence electrons. The molecule has 1 atom stereocenters. The Balaban J connectivity index is 1.73. The summed E-state index contributed by atoms with van der Waals surface area (Å²) in [6.45, 7) is 2.43. The summed E-state index contributed by atoms with van der Waals surface area (Å²) in [5.74, 6) is 0.627. The van der Waals surface area contributed by atoms with Crippen molar-refractivity contribution >= 4 is 23.2 Å². The minimum absolute atomic E-state index is 0.0562. The lowest BCUT2D eigenvalue weighted by Gasteiger charge is -2.18. The summed E-state index contributed by atoms with van der Waals surface area (Å²) in [5.41, 5.74) is 2.54. The zero-order chi connectivity index (χ0) is 21.0.